The lowest BCUT2D eigenvalue weighted by molar-refractivity contribution is 0.0621. The van der Waals surface area contributed by atoms with Crippen LogP contribution in [0, 0.1) is 5.82 Å². The van der Waals surface area contributed by atoms with Crippen molar-refractivity contribution in [1.82, 2.24) is 20.0 Å². The maximum absolute atomic E-state index is 12.9. The summed E-state index contributed by atoms with van der Waals surface area (Å²) in [5.41, 5.74) is 1.47. The van der Waals surface area contributed by atoms with Crippen LogP contribution >= 0.6 is 31.9 Å². The van der Waals surface area contributed by atoms with Gasteiger partial charge in [0.05, 0.1) is 4.47 Å². The van der Waals surface area contributed by atoms with Crippen molar-refractivity contribution in [3.05, 3.63) is 50.4 Å². The summed E-state index contributed by atoms with van der Waals surface area (Å²) in [6.07, 6.45) is 0. The van der Waals surface area contributed by atoms with Gasteiger partial charge in [0.15, 0.2) is 5.69 Å². The molecule has 2 heterocycles. The molecule has 1 fully saturated rings. The number of carbonyl (C=O) groups is 1. The van der Waals surface area contributed by atoms with Crippen molar-refractivity contribution in [1.29, 1.82) is 0 Å². The summed E-state index contributed by atoms with van der Waals surface area (Å²) in [7, 11) is 0. The van der Waals surface area contributed by atoms with Crippen molar-refractivity contribution < 1.29 is 9.18 Å². The van der Waals surface area contributed by atoms with Crippen LogP contribution in [0.1, 0.15) is 16.1 Å². The number of halogens is 3. The van der Waals surface area contributed by atoms with Crippen LogP contribution in [0.15, 0.2) is 33.3 Å². The maximum Gasteiger partial charge on any atom is 0.275 e. The van der Waals surface area contributed by atoms with E-state index >= 15 is 0 Å². The molecule has 1 aromatic carbocycles. The topological polar surface area (TPSA) is 52.2 Å². The number of carbonyl (C=O) groups excluding carboxylic acids is 1. The Morgan fingerprint density at radius 2 is 1.83 bits per heavy atom. The standard InChI is InChI=1S/C15H15Br2FN4O/c16-12-13(19-20-14(12)17)15(23)22-7-5-21(6-8-22)9-10-1-3-11(18)4-2-10/h1-4H,5-9H2,(H,19,20). The van der Waals surface area contributed by atoms with Crippen molar-refractivity contribution >= 4 is 37.8 Å². The lowest BCUT2D eigenvalue weighted by Crippen LogP contribution is -2.48. The van der Waals surface area contributed by atoms with Gasteiger partial charge in [-0.2, -0.15) is 5.10 Å². The summed E-state index contributed by atoms with van der Waals surface area (Å²) in [6.45, 7) is 3.63. The Labute approximate surface area is 150 Å². The third-order valence-corrected chi connectivity index (χ3v) is 5.73. The number of amides is 1. The van der Waals surface area contributed by atoms with Gasteiger partial charge in [-0.25, -0.2) is 4.39 Å². The average Bonchev–Trinajstić information content (AvgIpc) is 2.89. The molecular weight excluding hydrogens is 431 g/mol. The van der Waals surface area contributed by atoms with E-state index < -0.39 is 0 Å². The van der Waals surface area contributed by atoms with Crippen LogP contribution in [0.3, 0.4) is 0 Å². The third-order valence-electron chi connectivity index (χ3n) is 3.85. The van der Waals surface area contributed by atoms with Crippen LogP contribution in [0.25, 0.3) is 0 Å². The first-order valence-corrected chi connectivity index (χ1v) is 8.78. The van der Waals surface area contributed by atoms with Gasteiger partial charge >= 0.3 is 0 Å². The summed E-state index contributed by atoms with van der Waals surface area (Å²) in [5.74, 6) is -0.305. The van der Waals surface area contributed by atoms with Gasteiger partial charge in [-0.3, -0.25) is 14.8 Å². The second-order valence-electron chi connectivity index (χ2n) is 5.39. The van der Waals surface area contributed by atoms with Gasteiger partial charge in [0, 0.05) is 32.7 Å². The Bertz CT molecular complexity index is 696. The van der Waals surface area contributed by atoms with Crippen LogP contribution in [0.4, 0.5) is 4.39 Å². The second-order valence-corrected chi connectivity index (χ2v) is 6.98. The minimum Gasteiger partial charge on any atom is -0.335 e. The zero-order chi connectivity index (χ0) is 16.4. The Hall–Kier alpha value is -1.25. The van der Waals surface area contributed by atoms with E-state index in [0.29, 0.717) is 27.9 Å². The van der Waals surface area contributed by atoms with Crippen molar-refractivity contribution in [2.24, 2.45) is 0 Å². The van der Waals surface area contributed by atoms with E-state index in [-0.39, 0.29) is 11.7 Å². The minimum absolute atomic E-state index is 0.0831. The summed E-state index contributed by atoms with van der Waals surface area (Å²) >= 11 is 6.64. The molecule has 3 rings (SSSR count). The van der Waals surface area contributed by atoms with Gasteiger partial charge in [0.25, 0.3) is 5.91 Å². The number of aromatic amines is 1. The maximum atomic E-state index is 12.9. The molecule has 1 saturated heterocycles. The van der Waals surface area contributed by atoms with Gasteiger partial charge in [-0.1, -0.05) is 12.1 Å². The van der Waals surface area contributed by atoms with Gasteiger partial charge in [-0.15, -0.1) is 0 Å². The molecule has 0 radical (unpaired) electrons. The number of benzene rings is 1. The molecule has 1 amide bonds. The molecular formula is C15H15Br2FN4O. The number of rotatable bonds is 3. The van der Waals surface area contributed by atoms with Crippen LogP contribution in [0.5, 0.6) is 0 Å². The smallest absolute Gasteiger partial charge is 0.275 e. The number of hydrogen-bond acceptors (Lipinski definition) is 3. The van der Waals surface area contributed by atoms with Gasteiger partial charge in [0.1, 0.15) is 10.4 Å². The highest BCUT2D eigenvalue weighted by Gasteiger charge is 2.26. The number of nitrogens with zero attached hydrogens (tertiary/aromatic N) is 3. The van der Waals surface area contributed by atoms with Gasteiger partial charge in [-0.05, 0) is 49.6 Å². The molecule has 1 aliphatic heterocycles. The SMILES string of the molecule is O=C(c1n[nH]c(Br)c1Br)N1CCN(Cc2ccc(F)cc2)CC1. The van der Waals surface area contributed by atoms with Crippen LogP contribution in [-0.2, 0) is 6.54 Å². The Morgan fingerprint density at radius 1 is 1.17 bits per heavy atom. The quantitative estimate of drug-likeness (QED) is 0.789. The molecule has 0 aliphatic carbocycles. The Morgan fingerprint density at radius 3 is 2.39 bits per heavy atom. The minimum atomic E-state index is -0.222. The molecule has 5 nitrogen and oxygen atoms in total. The fourth-order valence-electron chi connectivity index (χ4n) is 2.56. The molecule has 1 N–H and O–H groups in total. The van der Waals surface area contributed by atoms with Gasteiger partial charge < -0.3 is 4.90 Å². The second kappa shape index (κ2) is 7.11. The van der Waals surface area contributed by atoms with Crippen LogP contribution < -0.4 is 0 Å². The zero-order valence-electron chi connectivity index (χ0n) is 12.2. The molecule has 8 heteroatoms. The molecule has 1 aromatic heterocycles. The molecule has 0 unspecified atom stereocenters. The van der Waals surface area contributed by atoms with Crippen LogP contribution in [-0.4, -0.2) is 52.1 Å². The number of nitrogens with one attached hydrogen (secondary N) is 1. The first kappa shape index (κ1) is 16.6. The Balaban J connectivity index is 1.57. The predicted molar refractivity (Wildman–Crippen MR) is 91.6 cm³/mol. The largest absolute Gasteiger partial charge is 0.335 e. The molecule has 122 valence electrons. The molecule has 23 heavy (non-hydrogen) atoms. The summed E-state index contributed by atoms with van der Waals surface area (Å²) in [6, 6.07) is 6.54. The highest BCUT2D eigenvalue weighted by molar-refractivity contribution is 9.13. The monoisotopic (exact) mass is 444 g/mol. The lowest BCUT2D eigenvalue weighted by Gasteiger charge is -2.34. The summed E-state index contributed by atoms with van der Waals surface area (Å²) < 4.78 is 14.2. The van der Waals surface area contributed by atoms with Crippen LogP contribution in [0.2, 0.25) is 0 Å². The van der Waals surface area contributed by atoms with E-state index in [2.05, 4.69) is 47.0 Å². The van der Waals surface area contributed by atoms with Crippen molar-refractivity contribution in [3.63, 3.8) is 0 Å². The molecule has 1 aliphatic rings. The molecule has 0 atom stereocenters. The molecule has 0 saturated carbocycles. The predicted octanol–water partition coefficient (Wildman–Crippen LogP) is 3.03. The molecule has 0 spiro atoms. The first-order chi connectivity index (χ1) is 11.0. The Kier molecular flexibility index (Phi) is 5.13. The first-order valence-electron chi connectivity index (χ1n) is 7.20. The molecule has 0 bridgehead atoms. The number of H-pyrrole nitrogens is 1. The zero-order valence-corrected chi connectivity index (χ0v) is 15.4. The van der Waals surface area contributed by atoms with E-state index in [1.165, 1.54) is 12.1 Å². The van der Waals surface area contributed by atoms with E-state index in [4.69, 9.17) is 0 Å². The number of piperazine rings is 1. The lowest BCUT2D eigenvalue weighted by atomic mass is 10.2. The van der Waals surface area contributed by atoms with Crippen molar-refractivity contribution in [3.8, 4) is 0 Å². The highest BCUT2D eigenvalue weighted by atomic mass is 79.9. The normalized spacial score (nSPS) is 15.9. The van der Waals surface area contributed by atoms with Crippen molar-refractivity contribution in [2.75, 3.05) is 26.2 Å². The van der Waals surface area contributed by atoms with E-state index in [9.17, 15) is 9.18 Å². The molecule has 2 aromatic rings. The number of hydrogen-bond donors (Lipinski definition) is 1. The summed E-state index contributed by atoms with van der Waals surface area (Å²) in [4.78, 5) is 16.5. The third kappa shape index (κ3) is 3.81. The van der Waals surface area contributed by atoms with E-state index in [1.54, 1.807) is 17.0 Å². The number of aromatic nitrogens is 2. The van der Waals surface area contributed by atoms with E-state index in [1.807, 2.05) is 0 Å². The summed E-state index contributed by atoms with van der Waals surface area (Å²) in [5, 5.41) is 6.76. The highest BCUT2D eigenvalue weighted by Crippen LogP contribution is 2.25. The average molecular weight is 446 g/mol. The van der Waals surface area contributed by atoms with Gasteiger partial charge in [0.2, 0.25) is 0 Å². The fourth-order valence-corrected chi connectivity index (χ4v) is 3.18. The van der Waals surface area contributed by atoms with Crippen molar-refractivity contribution in [2.45, 2.75) is 6.54 Å². The fraction of sp³-hybridized carbons (Fsp3) is 0.333. The van der Waals surface area contributed by atoms with E-state index in [0.717, 1.165) is 25.2 Å².